The van der Waals surface area contributed by atoms with Crippen LogP contribution in [0.5, 0.6) is 0 Å². The highest BCUT2D eigenvalue weighted by atomic mass is 32.2. The van der Waals surface area contributed by atoms with Crippen LogP contribution in [0.1, 0.15) is 23.9 Å². The zero-order valence-corrected chi connectivity index (χ0v) is 12.3. The van der Waals surface area contributed by atoms with Crippen LogP contribution in [0, 0.1) is 13.8 Å². The number of nitrogens with zero attached hydrogens (tertiary/aromatic N) is 3. The standard InChI is InChI=1S/C13H15N3O3S/c1-8-11(9(2)19-16-8)7-18-12(17)10(3)20-13-14-5-4-6-15-13/h4-6,10H,7H2,1-3H3/t10-/m1/s1. The molecule has 0 saturated heterocycles. The van der Waals surface area contributed by atoms with E-state index in [4.69, 9.17) is 9.26 Å². The van der Waals surface area contributed by atoms with Gasteiger partial charge in [-0.1, -0.05) is 16.9 Å². The second-order valence-electron chi connectivity index (χ2n) is 4.20. The Hall–Kier alpha value is -1.89. The summed E-state index contributed by atoms with van der Waals surface area (Å²) in [6, 6.07) is 1.73. The van der Waals surface area contributed by atoms with Gasteiger partial charge < -0.3 is 9.26 Å². The van der Waals surface area contributed by atoms with Crippen molar-refractivity contribution in [2.45, 2.75) is 37.8 Å². The Labute approximate surface area is 120 Å². The summed E-state index contributed by atoms with van der Waals surface area (Å²) in [6.45, 7) is 5.53. The smallest absolute Gasteiger partial charge is 0.319 e. The molecule has 7 heteroatoms. The molecule has 106 valence electrons. The first-order valence-corrected chi connectivity index (χ1v) is 6.98. The molecule has 0 fully saturated rings. The molecule has 0 saturated carbocycles. The van der Waals surface area contributed by atoms with Crippen molar-refractivity contribution in [3.8, 4) is 0 Å². The fraction of sp³-hybridized carbons (Fsp3) is 0.385. The highest BCUT2D eigenvalue weighted by Crippen LogP contribution is 2.20. The number of rotatable bonds is 5. The van der Waals surface area contributed by atoms with Crippen molar-refractivity contribution in [1.29, 1.82) is 0 Å². The number of thioether (sulfide) groups is 1. The molecule has 0 aromatic carbocycles. The van der Waals surface area contributed by atoms with E-state index in [9.17, 15) is 4.79 Å². The van der Waals surface area contributed by atoms with Crippen molar-refractivity contribution in [2.24, 2.45) is 0 Å². The van der Waals surface area contributed by atoms with Crippen LogP contribution in [0.4, 0.5) is 0 Å². The van der Waals surface area contributed by atoms with Gasteiger partial charge in [0.25, 0.3) is 0 Å². The van der Waals surface area contributed by atoms with E-state index in [1.807, 2.05) is 6.92 Å². The van der Waals surface area contributed by atoms with E-state index in [2.05, 4.69) is 15.1 Å². The average molecular weight is 293 g/mol. The number of ether oxygens (including phenoxy) is 1. The van der Waals surface area contributed by atoms with Crippen LogP contribution in [-0.4, -0.2) is 26.3 Å². The molecule has 20 heavy (non-hydrogen) atoms. The molecule has 0 spiro atoms. The Morgan fingerprint density at radius 3 is 2.70 bits per heavy atom. The molecular weight excluding hydrogens is 278 g/mol. The van der Waals surface area contributed by atoms with Crippen LogP contribution in [0.15, 0.2) is 28.1 Å². The quantitative estimate of drug-likeness (QED) is 0.475. The summed E-state index contributed by atoms with van der Waals surface area (Å²) in [7, 11) is 0. The number of hydrogen-bond acceptors (Lipinski definition) is 7. The predicted molar refractivity (Wildman–Crippen MR) is 73.1 cm³/mol. The SMILES string of the molecule is Cc1noc(C)c1COC(=O)[C@@H](C)Sc1ncccn1. The number of esters is 1. The second-order valence-corrected chi connectivity index (χ2v) is 5.51. The fourth-order valence-corrected chi connectivity index (χ4v) is 2.25. The lowest BCUT2D eigenvalue weighted by Crippen LogP contribution is -2.17. The van der Waals surface area contributed by atoms with E-state index in [0.717, 1.165) is 11.3 Å². The molecule has 0 amide bonds. The van der Waals surface area contributed by atoms with E-state index >= 15 is 0 Å². The topological polar surface area (TPSA) is 78.1 Å². The van der Waals surface area contributed by atoms with Gasteiger partial charge in [0.2, 0.25) is 0 Å². The fourth-order valence-electron chi connectivity index (χ4n) is 1.52. The molecule has 0 bridgehead atoms. The van der Waals surface area contributed by atoms with E-state index in [0.29, 0.717) is 10.9 Å². The first-order valence-electron chi connectivity index (χ1n) is 6.10. The highest BCUT2D eigenvalue weighted by molar-refractivity contribution is 8.00. The van der Waals surface area contributed by atoms with E-state index in [1.54, 1.807) is 32.3 Å². The Bertz CT molecular complexity index is 566. The molecule has 0 aliphatic rings. The van der Waals surface area contributed by atoms with Gasteiger partial charge in [-0.3, -0.25) is 4.79 Å². The average Bonchev–Trinajstić information content (AvgIpc) is 2.76. The summed E-state index contributed by atoms with van der Waals surface area (Å²) in [5, 5.41) is 3.99. The van der Waals surface area contributed by atoms with Crippen LogP contribution in [0.2, 0.25) is 0 Å². The van der Waals surface area contributed by atoms with E-state index < -0.39 is 0 Å². The predicted octanol–water partition coefficient (Wildman–Crippen LogP) is 2.31. The molecule has 2 aromatic heterocycles. The van der Waals surface area contributed by atoms with E-state index in [-0.39, 0.29) is 17.8 Å². The van der Waals surface area contributed by atoms with Crippen LogP contribution >= 0.6 is 11.8 Å². The lowest BCUT2D eigenvalue weighted by molar-refractivity contribution is -0.143. The Kier molecular flexibility index (Phi) is 4.73. The maximum Gasteiger partial charge on any atom is 0.319 e. The lowest BCUT2D eigenvalue weighted by Gasteiger charge is -2.09. The molecule has 0 unspecified atom stereocenters. The minimum absolute atomic E-state index is 0.167. The largest absolute Gasteiger partial charge is 0.460 e. The summed E-state index contributed by atoms with van der Waals surface area (Å²) in [4.78, 5) is 20.0. The van der Waals surface area contributed by atoms with Gasteiger partial charge in [0.15, 0.2) is 5.16 Å². The molecule has 0 radical (unpaired) electrons. The minimum Gasteiger partial charge on any atom is -0.460 e. The zero-order valence-electron chi connectivity index (χ0n) is 11.5. The molecular formula is C13H15N3O3S. The van der Waals surface area contributed by atoms with Crippen molar-refractivity contribution >= 4 is 17.7 Å². The van der Waals surface area contributed by atoms with Crippen molar-refractivity contribution < 1.29 is 14.1 Å². The summed E-state index contributed by atoms with van der Waals surface area (Å²) < 4.78 is 10.3. The van der Waals surface area contributed by atoms with Crippen molar-refractivity contribution in [1.82, 2.24) is 15.1 Å². The number of hydrogen-bond donors (Lipinski definition) is 0. The molecule has 2 aromatic rings. The van der Waals surface area contributed by atoms with Crippen molar-refractivity contribution in [2.75, 3.05) is 0 Å². The van der Waals surface area contributed by atoms with Crippen LogP contribution in [0.3, 0.4) is 0 Å². The molecule has 0 N–H and O–H groups in total. The number of carbonyl (C=O) groups is 1. The maximum absolute atomic E-state index is 11.9. The monoisotopic (exact) mass is 293 g/mol. The maximum atomic E-state index is 11.9. The van der Waals surface area contributed by atoms with Gasteiger partial charge in [0.1, 0.15) is 17.6 Å². The molecule has 2 rings (SSSR count). The third kappa shape index (κ3) is 3.57. The molecule has 1 atom stereocenters. The third-order valence-electron chi connectivity index (χ3n) is 2.70. The van der Waals surface area contributed by atoms with Gasteiger partial charge >= 0.3 is 5.97 Å². The van der Waals surface area contributed by atoms with Crippen LogP contribution in [0.25, 0.3) is 0 Å². The molecule has 2 heterocycles. The number of carbonyl (C=O) groups excluding carboxylic acids is 1. The van der Waals surface area contributed by atoms with E-state index in [1.165, 1.54) is 11.8 Å². The first-order chi connectivity index (χ1) is 9.58. The van der Waals surface area contributed by atoms with Crippen molar-refractivity contribution in [3.05, 3.63) is 35.5 Å². The van der Waals surface area contributed by atoms with Crippen molar-refractivity contribution in [3.63, 3.8) is 0 Å². The van der Waals surface area contributed by atoms with Crippen LogP contribution < -0.4 is 0 Å². The normalized spacial score (nSPS) is 12.2. The highest BCUT2D eigenvalue weighted by Gasteiger charge is 2.19. The molecule has 0 aliphatic heterocycles. The van der Waals surface area contributed by atoms with Gasteiger partial charge in [-0.05, 0) is 26.8 Å². The third-order valence-corrected chi connectivity index (χ3v) is 3.66. The minimum atomic E-state index is -0.377. The number of aromatic nitrogens is 3. The Morgan fingerprint density at radius 1 is 1.40 bits per heavy atom. The van der Waals surface area contributed by atoms with Gasteiger partial charge in [-0.2, -0.15) is 0 Å². The van der Waals surface area contributed by atoms with Gasteiger partial charge in [0.05, 0.1) is 11.3 Å². The lowest BCUT2D eigenvalue weighted by atomic mass is 10.2. The summed E-state index contributed by atoms with van der Waals surface area (Å²) in [6.07, 6.45) is 3.27. The molecule has 6 nitrogen and oxygen atoms in total. The second kappa shape index (κ2) is 6.51. The molecule has 0 aliphatic carbocycles. The Morgan fingerprint density at radius 2 is 2.10 bits per heavy atom. The van der Waals surface area contributed by atoms with Gasteiger partial charge in [-0.15, -0.1) is 0 Å². The zero-order chi connectivity index (χ0) is 14.5. The Balaban J connectivity index is 1.89. The summed E-state index contributed by atoms with van der Waals surface area (Å²) in [5.41, 5.74) is 1.55. The summed E-state index contributed by atoms with van der Waals surface area (Å²) in [5.74, 6) is 0.351. The van der Waals surface area contributed by atoms with Crippen LogP contribution in [-0.2, 0) is 16.1 Å². The summed E-state index contributed by atoms with van der Waals surface area (Å²) >= 11 is 1.26. The van der Waals surface area contributed by atoms with Gasteiger partial charge in [0, 0.05) is 12.4 Å². The first kappa shape index (κ1) is 14.5. The van der Waals surface area contributed by atoms with Gasteiger partial charge in [-0.25, -0.2) is 9.97 Å². The number of aryl methyl sites for hydroxylation is 2.